The number of nitrogens with one attached hydrogen (secondary N) is 1. The van der Waals surface area contributed by atoms with Gasteiger partial charge in [0, 0.05) is 10.7 Å². The van der Waals surface area contributed by atoms with Crippen molar-refractivity contribution in [3.8, 4) is 5.75 Å². The Kier molecular flexibility index (Phi) is 6.42. The number of carbonyl (C=O) groups excluding carboxylic acids is 2. The minimum Gasteiger partial charge on any atom is -0.482 e. The topological polar surface area (TPSA) is 64.6 Å². The highest BCUT2D eigenvalue weighted by Gasteiger charge is 2.11. The van der Waals surface area contributed by atoms with Gasteiger partial charge in [-0.15, -0.1) is 0 Å². The highest BCUT2D eigenvalue weighted by molar-refractivity contribution is 6.31. The Bertz CT molecular complexity index is 769. The summed E-state index contributed by atoms with van der Waals surface area (Å²) < 4.78 is 10.3. The first-order valence-electron chi connectivity index (χ1n) is 7.77. The fourth-order valence-corrected chi connectivity index (χ4v) is 2.45. The second-order valence-corrected chi connectivity index (χ2v) is 6.14. The molecule has 1 amide bonds. The Morgan fingerprint density at radius 2 is 1.72 bits per heavy atom. The maximum absolute atomic E-state index is 11.9. The predicted molar refractivity (Wildman–Crippen MR) is 97.2 cm³/mol. The molecule has 132 valence electrons. The molecule has 0 heterocycles. The summed E-state index contributed by atoms with van der Waals surface area (Å²) in [6.45, 7) is 5.04. The summed E-state index contributed by atoms with van der Waals surface area (Å²) in [6, 6.07) is 10.9. The van der Waals surface area contributed by atoms with Crippen molar-refractivity contribution in [3.05, 3.63) is 58.1 Å². The maximum Gasteiger partial charge on any atom is 0.344 e. The van der Waals surface area contributed by atoms with E-state index in [0.717, 1.165) is 16.7 Å². The summed E-state index contributed by atoms with van der Waals surface area (Å²) in [5.74, 6) is -0.462. The van der Waals surface area contributed by atoms with Crippen molar-refractivity contribution in [1.82, 2.24) is 0 Å². The molecule has 0 saturated carbocycles. The van der Waals surface area contributed by atoms with Gasteiger partial charge in [-0.2, -0.15) is 0 Å². The van der Waals surface area contributed by atoms with Crippen LogP contribution in [0.5, 0.6) is 5.75 Å². The number of aryl methyl sites for hydroxylation is 2. The lowest BCUT2D eigenvalue weighted by Gasteiger charge is -2.10. The zero-order chi connectivity index (χ0) is 18.4. The third-order valence-electron chi connectivity index (χ3n) is 3.46. The van der Waals surface area contributed by atoms with E-state index in [4.69, 9.17) is 21.1 Å². The van der Waals surface area contributed by atoms with Gasteiger partial charge in [0.15, 0.2) is 13.2 Å². The predicted octanol–water partition coefficient (Wildman–Crippen LogP) is 3.83. The largest absolute Gasteiger partial charge is 0.482 e. The third-order valence-corrected chi connectivity index (χ3v) is 3.87. The molecule has 6 heteroatoms. The Labute approximate surface area is 151 Å². The lowest BCUT2D eigenvalue weighted by Crippen LogP contribution is -2.24. The van der Waals surface area contributed by atoms with E-state index in [1.165, 1.54) is 0 Å². The highest BCUT2D eigenvalue weighted by Crippen LogP contribution is 2.22. The Balaban J connectivity index is 1.79. The van der Waals surface area contributed by atoms with Crippen molar-refractivity contribution < 1.29 is 19.1 Å². The normalized spacial score (nSPS) is 10.2. The molecule has 0 unspecified atom stereocenters. The average Bonchev–Trinajstić information content (AvgIpc) is 2.54. The van der Waals surface area contributed by atoms with Gasteiger partial charge in [-0.1, -0.05) is 23.7 Å². The maximum atomic E-state index is 11.9. The average molecular weight is 362 g/mol. The standard InChI is InChI=1S/C19H20ClNO4/c1-12-7-13(2)9-15(8-12)24-11-19(23)25-10-18(22)21-17-6-4-5-16(20)14(17)3/h4-9H,10-11H2,1-3H3,(H,21,22). The van der Waals surface area contributed by atoms with E-state index in [9.17, 15) is 9.59 Å². The molecular weight excluding hydrogens is 342 g/mol. The van der Waals surface area contributed by atoms with E-state index < -0.39 is 11.9 Å². The molecule has 2 rings (SSSR count). The number of ether oxygens (including phenoxy) is 2. The molecule has 2 aromatic carbocycles. The first-order chi connectivity index (χ1) is 11.8. The van der Waals surface area contributed by atoms with Crippen LogP contribution >= 0.6 is 11.6 Å². The number of hydrogen-bond donors (Lipinski definition) is 1. The minimum atomic E-state index is -0.614. The number of rotatable bonds is 6. The van der Waals surface area contributed by atoms with Crippen molar-refractivity contribution >= 4 is 29.2 Å². The van der Waals surface area contributed by atoms with Crippen LogP contribution in [-0.2, 0) is 14.3 Å². The van der Waals surface area contributed by atoms with Crippen LogP contribution in [0, 0.1) is 20.8 Å². The quantitative estimate of drug-likeness (QED) is 0.794. The van der Waals surface area contributed by atoms with E-state index in [2.05, 4.69) is 5.32 Å². The number of benzene rings is 2. The van der Waals surface area contributed by atoms with Crippen molar-refractivity contribution in [3.63, 3.8) is 0 Å². The Morgan fingerprint density at radius 3 is 2.40 bits per heavy atom. The molecular formula is C19H20ClNO4. The molecule has 0 aliphatic heterocycles. The van der Waals surface area contributed by atoms with E-state index in [-0.39, 0.29) is 13.2 Å². The van der Waals surface area contributed by atoms with Gasteiger partial charge in [-0.3, -0.25) is 4.79 Å². The van der Waals surface area contributed by atoms with Crippen LogP contribution in [0.25, 0.3) is 0 Å². The van der Waals surface area contributed by atoms with Gasteiger partial charge >= 0.3 is 5.97 Å². The summed E-state index contributed by atoms with van der Waals surface area (Å²) in [5, 5.41) is 3.21. The molecule has 0 bridgehead atoms. The van der Waals surface area contributed by atoms with Crippen molar-refractivity contribution in [2.45, 2.75) is 20.8 Å². The smallest absolute Gasteiger partial charge is 0.344 e. The Morgan fingerprint density at radius 1 is 1.04 bits per heavy atom. The minimum absolute atomic E-state index is 0.258. The van der Waals surface area contributed by atoms with Gasteiger partial charge in [0.25, 0.3) is 5.91 Å². The third kappa shape index (κ3) is 5.80. The molecule has 2 aromatic rings. The van der Waals surface area contributed by atoms with Crippen LogP contribution < -0.4 is 10.1 Å². The van der Waals surface area contributed by atoms with E-state index in [0.29, 0.717) is 16.5 Å². The molecule has 0 atom stereocenters. The van der Waals surface area contributed by atoms with Gasteiger partial charge in [0.05, 0.1) is 0 Å². The van der Waals surface area contributed by atoms with E-state index in [1.807, 2.05) is 32.0 Å². The highest BCUT2D eigenvalue weighted by atomic mass is 35.5. The van der Waals surface area contributed by atoms with E-state index in [1.54, 1.807) is 25.1 Å². The number of halogens is 1. The summed E-state index contributed by atoms with van der Waals surface area (Å²) in [7, 11) is 0. The summed E-state index contributed by atoms with van der Waals surface area (Å²) >= 11 is 5.99. The number of amides is 1. The van der Waals surface area contributed by atoms with Crippen molar-refractivity contribution in [1.29, 1.82) is 0 Å². The molecule has 0 saturated heterocycles. The number of anilines is 1. The van der Waals surface area contributed by atoms with Crippen LogP contribution in [0.4, 0.5) is 5.69 Å². The SMILES string of the molecule is Cc1cc(C)cc(OCC(=O)OCC(=O)Nc2cccc(Cl)c2C)c1. The molecule has 0 fully saturated rings. The summed E-state index contributed by atoms with van der Waals surface area (Å²) in [4.78, 5) is 23.6. The fourth-order valence-electron chi connectivity index (χ4n) is 2.28. The van der Waals surface area contributed by atoms with Gasteiger partial charge < -0.3 is 14.8 Å². The number of carbonyl (C=O) groups is 2. The van der Waals surface area contributed by atoms with Gasteiger partial charge in [-0.05, 0) is 61.7 Å². The molecule has 0 spiro atoms. The fraction of sp³-hybridized carbons (Fsp3) is 0.263. The molecule has 1 N–H and O–H groups in total. The zero-order valence-corrected chi connectivity index (χ0v) is 15.1. The number of hydrogen-bond acceptors (Lipinski definition) is 4. The first-order valence-corrected chi connectivity index (χ1v) is 8.14. The van der Waals surface area contributed by atoms with Crippen LogP contribution in [0.2, 0.25) is 5.02 Å². The number of esters is 1. The molecule has 0 aliphatic carbocycles. The molecule has 25 heavy (non-hydrogen) atoms. The lowest BCUT2D eigenvalue weighted by atomic mass is 10.1. The van der Waals surface area contributed by atoms with Crippen molar-refractivity contribution in [2.75, 3.05) is 18.5 Å². The second-order valence-electron chi connectivity index (χ2n) is 5.73. The summed E-state index contributed by atoms with van der Waals surface area (Å²) in [6.07, 6.45) is 0. The molecule has 5 nitrogen and oxygen atoms in total. The van der Waals surface area contributed by atoms with Gasteiger partial charge in [0.2, 0.25) is 0 Å². The molecule has 0 aliphatic rings. The second kappa shape index (κ2) is 8.53. The van der Waals surface area contributed by atoms with Crippen LogP contribution in [-0.4, -0.2) is 25.1 Å². The molecule has 0 radical (unpaired) electrons. The zero-order valence-electron chi connectivity index (χ0n) is 14.4. The lowest BCUT2D eigenvalue weighted by molar-refractivity contribution is -0.149. The Hall–Kier alpha value is -2.53. The van der Waals surface area contributed by atoms with E-state index >= 15 is 0 Å². The summed E-state index contributed by atoms with van der Waals surface area (Å²) in [5.41, 5.74) is 3.42. The monoisotopic (exact) mass is 361 g/mol. The van der Waals surface area contributed by atoms with Crippen molar-refractivity contribution in [2.24, 2.45) is 0 Å². The van der Waals surface area contributed by atoms with Crippen LogP contribution in [0.3, 0.4) is 0 Å². The van der Waals surface area contributed by atoms with Gasteiger partial charge in [-0.25, -0.2) is 4.79 Å². The van der Waals surface area contributed by atoms with Crippen LogP contribution in [0.1, 0.15) is 16.7 Å². The van der Waals surface area contributed by atoms with Gasteiger partial charge in [0.1, 0.15) is 5.75 Å². The molecule has 0 aromatic heterocycles. The first kappa shape index (κ1) is 18.8. The van der Waals surface area contributed by atoms with Crippen LogP contribution in [0.15, 0.2) is 36.4 Å².